The predicted octanol–water partition coefficient (Wildman–Crippen LogP) is 0.984. The molecule has 0 aliphatic rings. The molecule has 10 heteroatoms. The Labute approximate surface area is 110 Å². The number of nitrogen functional groups attached to an aromatic ring is 1. The minimum absolute atomic E-state index is 0.0508. The highest BCUT2D eigenvalue weighted by Gasteiger charge is 2.16. The summed E-state index contributed by atoms with van der Waals surface area (Å²) in [5, 5.41) is 20.8. The van der Waals surface area contributed by atoms with Crippen molar-refractivity contribution >= 4 is 33.8 Å². The first-order valence-electron chi connectivity index (χ1n) is 4.94. The largest absolute Gasteiger partial charge is 0.318 e. The molecule has 9 nitrogen and oxygen atoms in total. The van der Waals surface area contributed by atoms with Gasteiger partial charge in [-0.15, -0.1) is 10.2 Å². The smallest absolute Gasteiger partial charge is 0.293 e. The number of hydrogen-bond acceptors (Lipinski definition) is 8. The zero-order valence-electron chi connectivity index (χ0n) is 9.36. The third-order valence-corrected chi connectivity index (χ3v) is 2.80. The lowest BCUT2D eigenvalue weighted by Gasteiger charge is -2.05. The van der Waals surface area contributed by atoms with E-state index >= 15 is 0 Å². The van der Waals surface area contributed by atoms with Crippen molar-refractivity contribution in [1.29, 1.82) is 0 Å². The molecule has 0 unspecified atom stereocenters. The number of nitrogens with one attached hydrogen (secondary N) is 2. The first-order chi connectivity index (χ1) is 9.11. The van der Waals surface area contributed by atoms with Crippen LogP contribution in [-0.4, -0.2) is 21.0 Å². The highest BCUT2D eigenvalue weighted by Crippen LogP contribution is 2.24. The molecule has 4 N–H and O–H groups in total. The van der Waals surface area contributed by atoms with Crippen LogP contribution in [0.15, 0.2) is 23.7 Å². The van der Waals surface area contributed by atoms with Gasteiger partial charge in [-0.3, -0.25) is 26.1 Å². The van der Waals surface area contributed by atoms with Gasteiger partial charge < -0.3 is 5.43 Å². The maximum atomic E-state index is 11.9. The van der Waals surface area contributed by atoms with Crippen LogP contribution in [0.2, 0.25) is 0 Å². The van der Waals surface area contributed by atoms with Crippen LogP contribution in [0, 0.1) is 10.1 Å². The third-order valence-electron chi connectivity index (χ3n) is 2.19. The Morgan fingerprint density at radius 1 is 1.47 bits per heavy atom. The number of amides is 1. The summed E-state index contributed by atoms with van der Waals surface area (Å²) in [5.74, 6) is 4.73. The van der Waals surface area contributed by atoms with E-state index in [0.29, 0.717) is 5.13 Å². The first-order valence-corrected chi connectivity index (χ1v) is 5.82. The van der Waals surface area contributed by atoms with Crippen molar-refractivity contribution in [3.63, 3.8) is 0 Å². The van der Waals surface area contributed by atoms with Gasteiger partial charge >= 0.3 is 0 Å². The van der Waals surface area contributed by atoms with E-state index in [1.807, 2.05) is 0 Å². The summed E-state index contributed by atoms with van der Waals surface area (Å²) >= 11 is 1.16. The molecular formula is C9H8N6O3S. The molecule has 2 rings (SSSR count). The molecule has 0 spiro atoms. The number of nitro groups is 1. The maximum absolute atomic E-state index is 11.9. The van der Waals surface area contributed by atoms with Crippen molar-refractivity contribution in [2.24, 2.45) is 5.84 Å². The minimum Gasteiger partial charge on any atom is -0.318 e. The zero-order chi connectivity index (χ0) is 13.8. The van der Waals surface area contributed by atoms with E-state index in [-0.39, 0.29) is 16.9 Å². The van der Waals surface area contributed by atoms with Gasteiger partial charge in [-0.05, 0) is 12.1 Å². The average molecular weight is 280 g/mol. The molecule has 0 aliphatic carbocycles. The predicted molar refractivity (Wildman–Crippen MR) is 68.8 cm³/mol. The SMILES string of the molecule is NNc1cc(C(=O)Nc2nncs2)ccc1[N+](=O)[O-]. The molecule has 0 saturated heterocycles. The summed E-state index contributed by atoms with van der Waals surface area (Å²) in [6.45, 7) is 0. The quantitative estimate of drug-likeness (QED) is 0.431. The molecule has 19 heavy (non-hydrogen) atoms. The van der Waals surface area contributed by atoms with Gasteiger partial charge in [-0.1, -0.05) is 11.3 Å². The van der Waals surface area contributed by atoms with Crippen LogP contribution in [0.5, 0.6) is 0 Å². The first kappa shape index (κ1) is 12.9. The van der Waals surface area contributed by atoms with E-state index in [9.17, 15) is 14.9 Å². The number of carbonyl (C=O) groups excluding carboxylic acids is 1. The van der Waals surface area contributed by atoms with Gasteiger partial charge in [0.05, 0.1) is 4.92 Å². The summed E-state index contributed by atoms with van der Waals surface area (Å²) in [4.78, 5) is 22.0. The molecule has 0 aliphatic heterocycles. The Hall–Kier alpha value is -2.59. The van der Waals surface area contributed by atoms with E-state index in [0.717, 1.165) is 11.3 Å². The Balaban J connectivity index is 2.25. The number of aromatic nitrogens is 2. The number of rotatable bonds is 4. The van der Waals surface area contributed by atoms with Gasteiger partial charge in [-0.2, -0.15) is 0 Å². The number of nitrogens with zero attached hydrogens (tertiary/aromatic N) is 3. The van der Waals surface area contributed by atoms with Crippen molar-refractivity contribution < 1.29 is 9.72 Å². The van der Waals surface area contributed by atoms with Crippen LogP contribution < -0.4 is 16.6 Å². The van der Waals surface area contributed by atoms with E-state index in [2.05, 4.69) is 20.9 Å². The molecule has 1 aromatic carbocycles. The molecule has 0 radical (unpaired) electrons. The molecule has 0 atom stereocenters. The lowest BCUT2D eigenvalue weighted by molar-refractivity contribution is -0.384. The summed E-state index contributed by atoms with van der Waals surface area (Å²) in [7, 11) is 0. The van der Waals surface area contributed by atoms with Crippen molar-refractivity contribution in [3.05, 3.63) is 39.4 Å². The number of nitrogens with two attached hydrogens (primary N) is 1. The Bertz CT molecular complexity index is 614. The number of carbonyl (C=O) groups is 1. The van der Waals surface area contributed by atoms with Crippen molar-refractivity contribution in [2.45, 2.75) is 0 Å². The molecule has 98 valence electrons. The molecule has 0 bridgehead atoms. The Morgan fingerprint density at radius 3 is 2.84 bits per heavy atom. The fraction of sp³-hybridized carbons (Fsp3) is 0. The van der Waals surface area contributed by atoms with Crippen molar-refractivity contribution in [1.82, 2.24) is 10.2 Å². The fourth-order valence-corrected chi connectivity index (χ4v) is 1.79. The van der Waals surface area contributed by atoms with Gasteiger partial charge in [0, 0.05) is 11.6 Å². The highest BCUT2D eigenvalue weighted by molar-refractivity contribution is 7.13. The number of hydrogen-bond donors (Lipinski definition) is 3. The summed E-state index contributed by atoms with van der Waals surface area (Å²) < 4.78 is 0. The van der Waals surface area contributed by atoms with Crippen LogP contribution in [0.1, 0.15) is 10.4 Å². The Morgan fingerprint density at radius 2 is 2.26 bits per heavy atom. The van der Waals surface area contributed by atoms with Crippen LogP contribution in [0.3, 0.4) is 0 Å². The van der Waals surface area contributed by atoms with Gasteiger partial charge in [0.2, 0.25) is 5.13 Å². The van der Waals surface area contributed by atoms with E-state index in [4.69, 9.17) is 5.84 Å². The second-order valence-electron chi connectivity index (χ2n) is 3.33. The summed E-state index contributed by atoms with van der Waals surface area (Å²) in [6.07, 6.45) is 0. The van der Waals surface area contributed by atoms with Gasteiger partial charge in [0.25, 0.3) is 11.6 Å². The van der Waals surface area contributed by atoms with Gasteiger partial charge in [-0.25, -0.2) is 0 Å². The van der Waals surface area contributed by atoms with Gasteiger partial charge in [0.15, 0.2) is 0 Å². The molecule has 2 aromatic rings. The zero-order valence-corrected chi connectivity index (χ0v) is 10.2. The summed E-state index contributed by atoms with van der Waals surface area (Å²) in [5.41, 5.74) is 3.71. The fourth-order valence-electron chi connectivity index (χ4n) is 1.35. The summed E-state index contributed by atoms with van der Waals surface area (Å²) in [6, 6.07) is 3.81. The molecular weight excluding hydrogens is 272 g/mol. The minimum atomic E-state index is -0.596. The average Bonchev–Trinajstić information content (AvgIpc) is 2.90. The van der Waals surface area contributed by atoms with E-state index in [1.54, 1.807) is 0 Å². The molecule has 1 aromatic heterocycles. The van der Waals surface area contributed by atoms with Crippen molar-refractivity contribution in [3.8, 4) is 0 Å². The van der Waals surface area contributed by atoms with Crippen LogP contribution >= 0.6 is 11.3 Å². The molecule has 1 heterocycles. The lowest BCUT2D eigenvalue weighted by Crippen LogP contribution is -2.14. The van der Waals surface area contributed by atoms with Crippen LogP contribution in [-0.2, 0) is 0 Å². The molecule has 0 fully saturated rings. The molecule has 0 saturated carbocycles. The number of nitro benzene ring substituents is 1. The maximum Gasteiger partial charge on any atom is 0.293 e. The number of anilines is 2. The van der Waals surface area contributed by atoms with Gasteiger partial charge in [0.1, 0.15) is 11.2 Å². The lowest BCUT2D eigenvalue weighted by atomic mass is 10.1. The second-order valence-corrected chi connectivity index (χ2v) is 4.16. The number of benzene rings is 1. The van der Waals surface area contributed by atoms with Crippen molar-refractivity contribution in [2.75, 3.05) is 10.7 Å². The van der Waals surface area contributed by atoms with E-state index in [1.165, 1.54) is 23.7 Å². The molecule has 1 amide bonds. The van der Waals surface area contributed by atoms with Crippen LogP contribution in [0.25, 0.3) is 0 Å². The third kappa shape index (κ3) is 2.81. The topological polar surface area (TPSA) is 136 Å². The standard InChI is InChI=1S/C9H8N6O3S/c10-13-6-3-5(1-2-7(6)15(17)18)8(16)12-9-14-11-4-19-9/h1-4,13H,10H2,(H,12,14,16). The van der Waals surface area contributed by atoms with E-state index < -0.39 is 10.8 Å². The van der Waals surface area contributed by atoms with Crippen LogP contribution in [0.4, 0.5) is 16.5 Å². The number of hydrazine groups is 1. The highest BCUT2D eigenvalue weighted by atomic mass is 32.1. The second kappa shape index (κ2) is 5.37. The monoisotopic (exact) mass is 280 g/mol. The normalized spacial score (nSPS) is 9.95. The Kier molecular flexibility index (Phi) is 3.63.